The summed E-state index contributed by atoms with van der Waals surface area (Å²) in [4.78, 5) is 25.0. The van der Waals surface area contributed by atoms with Crippen molar-refractivity contribution in [1.29, 1.82) is 0 Å². The Hall–Kier alpha value is -1.90. The molecule has 1 aliphatic heterocycles. The predicted octanol–water partition coefficient (Wildman–Crippen LogP) is 1.21. The number of benzene rings is 1. The zero-order valence-corrected chi connectivity index (χ0v) is 17.7. The lowest BCUT2D eigenvalue weighted by molar-refractivity contribution is -0.125. The lowest BCUT2D eigenvalue weighted by atomic mass is 9.73. The van der Waals surface area contributed by atoms with Crippen LogP contribution in [0.3, 0.4) is 0 Å². The Labute approximate surface area is 180 Å². The van der Waals surface area contributed by atoms with Gasteiger partial charge in [0, 0.05) is 37.3 Å². The third-order valence-corrected chi connectivity index (χ3v) is 6.77. The highest BCUT2D eigenvalue weighted by molar-refractivity contribution is 6.30. The standard InChI is InChI=1S/C21H28ClFN4O3/c1-11-8-24-9-19(25-11)21(29)27-18-7-17(13-3-4-14(13)18)26-20(28)10-30-12-2-5-15(22)16(23)6-12/h2,5-6,11,13-14,17-19,24-25H,3-4,7-10H2,1H3,(H,26,28)(H,27,29)/t11?,13?,14?,17-,18?,19?/m0/s1. The molecule has 0 bridgehead atoms. The van der Waals surface area contributed by atoms with E-state index in [-0.39, 0.29) is 53.4 Å². The summed E-state index contributed by atoms with van der Waals surface area (Å²) >= 11 is 5.65. The fourth-order valence-electron chi connectivity index (χ4n) is 4.83. The van der Waals surface area contributed by atoms with Gasteiger partial charge in [-0.25, -0.2) is 4.39 Å². The van der Waals surface area contributed by atoms with Gasteiger partial charge in [0.25, 0.3) is 5.91 Å². The molecule has 4 N–H and O–H groups in total. The number of ether oxygens (including phenoxy) is 1. The van der Waals surface area contributed by atoms with Gasteiger partial charge in [0.1, 0.15) is 11.6 Å². The first-order valence-corrected chi connectivity index (χ1v) is 10.9. The maximum atomic E-state index is 13.5. The van der Waals surface area contributed by atoms with Crippen LogP contribution in [0.15, 0.2) is 18.2 Å². The molecular formula is C21H28ClFN4O3. The lowest BCUT2D eigenvalue weighted by Gasteiger charge is -2.37. The minimum absolute atomic E-state index is 0.00976. The van der Waals surface area contributed by atoms with Gasteiger partial charge >= 0.3 is 0 Å². The topological polar surface area (TPSA) is 91.5 Å². The van der Waals surface area contributed by atoms with Gasteiger partial charge < -0.3 is 26.0 Å². The largest absolute Gasteiger partial charge is 0.484 e. The molecule has 7 nitrogen and oxygen atoms in total. The summed E-state index contributed by atoms with van der Waals surface area (Å²) in [5.74, 6) is 0.221. The van der Waals surface area contributed by atoms with Gasteiger partial charge in [-0.1, -0.05) is 11.6 Å². The minimum atomic E-state index is -0.585. The maximum absolute atomic E-state index is 13.5. The van der Waals surface area contributed by atoms with Crippen molar-refractivity contribution in [3.63, 3.8) is 0 Å². The number of carbonyl (C=O) groups is 2. The molecule has 0 radical (unpaired) electrons. The minimum Gasteiger partial charge on any atom is -0.484 e. The van der Waals surface area contributed by atoms with E-state index in [0.717, 1.165) is 31.9 Å². The second kappa shape index (κ2) is 9.08. The molecule has 5 unspecified atom stereocenters. The highest BCUT2D eigenvalue weighted by Gasteiger charge is 2.49. The van der Waals surface area contributed by atoms with Crippen molar-refractivity contribution in [1.82, 2.24) is 21.3 Å². The molecule has 3 fully saturated rings. The van der Waals surface area contributed by atoms with Crippen LogP contribution in [-0.4, -0.2) is 55.7 Å². The van der Waals surface area contributed by atoms with E-state index in [1.807, 2.05) is 0 Å². The van der Waals surface area contributed by atoms with Crippen LogP contribution in [0.5, 0.6) is 5.75 Å². The fourth-order valence-corrected chi connectivity index (χ4v) is 4.94. The van der Waals surface area contributed by atoms with E-state index in [4.69, 9.17) is 16.3 Å². The van der Waals surface area contributed by atoms with Crippen molar-refractivity contribution >= 4 is 23.4 Å². The second-order valence-electron chi connectivity index (χ2n) is 8.57. The van der Waals surface area contributed by atoms with E-state index in [9.17, 15) is 14.0 Å². The number of fused-ring (bicyclic) bond motifs is 1. The summed E-state index contributed by atoms with van der Waals surface area (Å²) in [5, 5.41) is 12.8. The molecule has 1 aromatic rings. The number of hydrogen-bond donors (Lipinski definition) is 4. The Morgan fingerprint density at radius 2 is 1.93 bits per heavy atom. The maximum Gasteiger partial charge on any atom is 0.258 e. The van der Waals surface area contributed by atoms with Crippen molar-refractivity contribution in [2.24, 2.45) is 11.8 Å². The molecule has 1 heterocycles. The van der Waals surface area contributed by atoms with Crippen LogP contribution in [0.25, 0.3) is 0 Å². The predicted molar refractivity (Wildman–Crippen MR) is 111 cm³/mol. The molecule has 1 saturated heterocycles. The molecule has 1 aromatic carbocycles. The highest BCUT2D eigenvalue weighted by Crippen LogP contribution is 2.47. The molecule has 4 rings (SSSR count). The molecule has 2 aliphatic carbocycles. The van der Waals surface area contributed by atoms with Crippen LogP contribution in [0, 0.1) is 17.7 Å². The Kier molecular flexibility index (Phi) is 6.46. The quantitative estimate of drug-likeness (QED) is 0.536. The van der Waals surface area contributed by atoms with E-state index in [2.05, 4.69) is 28.2 Å². The fraction of sp³-hybridized carbons (Fsp3) is 0.619. The Balaban J connectivity index is 1.26. The molecule has 3 aliphatic rings. The van der Waals surface area contributed by atoms with E-state index in [1.54, 1.807) is 0 Å². The average Bonchev–Trinajstić information content (AvgIpc) is 2.90. The van der Waals surface area contributed by atoms with Crippen molar-refractivity contribution in [2.75, 3.05) is 19.7 Å². The SMILES string of the molecule is CC1CNCC(C(=O)NC2C[C@H](NC(=O)COc3ccc(Cl)c(F)c3)C3CCC23)N1. The normalized spacial score (nSPS) is 32.6. The molecule has 0 aromatic heterocycles. The van der Waals surface area contributed by atoms with E-state index in [1.165, 1.54) is 12.1 Å². The molecular weight excluding hydrogens is 411 g/mol. The van der Waals surface area contributed by atoms with Gasteiger partial charge in [-0.2, -0.15) is 0 Å². The van der Waals surface area contributed by atoms with Crippen LogP contribution in [-0.2, 0) is 9.59 Å². The van der Waals surface area contributed by atoms with Crippen LogP contribution >= 0.6 is 11.6 Å². The number of piperazine rings is 1. The summed E-state index contributed by atoms with van der Waals surface area (Å²) in [7, 11) is 0. The Morgan fingerprint density at radius 1 is 1.20 bits per heavy atom. The zero-order chi connectivity index (χ0) is 21.3. The van der Waals surface area contributed by atoms with Crippen molar-refractivity contribution in [3.05, 3.63) is 29.0 Å². The molecule has 0 spiro atoms. The van der Waals surface area contributed by atoms with E-state index < -0.39 is 5.82 Å². The van der Waals surface area contributed by atoms with Crippen molar-refractivity contribution in [2.45, 2.75) is 50.4 Å². The number of carbonyl (C=O) groups excluding carboxylic acids is 2. The second-order valence-corrected chi connectivity index (χ2v) is 8.98. The van der Waals surface area contributed by atoms with Gasteiger partial charge in [-0.05, 0) is 50.2 Å². The third-order valence-electron chi connectivity index (χ3n) is 6.46. The van der Waals surface area contributed by atoms with Crippen LogP contribution in [0.4, 0.5) is 4.39 Å². The first-order valence-electron chi connectivity index (χ1n) is 10.5. The zero-order valence-electron chi connectivity index (χ0n) is 16.9. The number of nitrogens with one attached hydrogen (secondary N) is 4. The number of halogens is 2. The molecule has 30 heavy (non-hydrogen) atoms. The van der Waals surface area contributed by atoms with Crippen molar-refractivity contribution in [3.8, 4) is 5.75 Å². The molecule has 2 saturated carbocycles. The van der Waals surface area contributed by atoms with Crippen LogP contribution < -0.4 is 26.0 Å². The molecule has 2 amide bonds. The smallest absolute Gasteiger partial charge is 0.258 e. The number of rotatable bonds is 6. The molecule has 6 atom stereocenters. The van der Waals surface area contributed by atoms with E-state index in [0.29, 0.717) is 18.4 Å². The van der Waals surface area contributed by atoms with E-state index >= 15 is 0 Å². The average molecular weight is 439 g/mol. The van der Waals surface area contributed by atoms with Gasteiger partial charge in [-0.3, -0.25) is 9.59 Å². The van der Waals surface area contributed by atoms with Gasteiger partial charge in [0.15, 0.2) is 6.61 Å². The summed E-state index contributed by atoms with van der Waals surface area (Å²) in [6.45, 7) is 3.34. The van der Waals surface area contributed by atoms with Crippen molar-refractivity contribution < 1.29 is 18.7 Å². The Bertz CT molecular complexity index is 810. The summed E-state index contributed by atoms with van der Waals surface area (Å²) in [6.07, 6.45) is 2.83. The van der Waals surface area contributed by atoms with Gasteiger partial charge in [0.05, 0.1) is 11.1 Å². The molecule has 9 heteroatoms. The monoisotopic (exact) mass is 438 g/mol. The first kappa shape index (κ1) is 21.3. The van der Waals surface area contributed by atoms with Gasteiger partial charge in [-0.15, -0.1) is 0 Å². The summed E-state index contributed by atoms with van der Waals surface area (Å²) < 4.78 is 18.9. The summed E-state index contributed by atoms with van der Waals surface area (Å²) in [6, 6.07) is 4.20. The van der Waals surface area contributed by atoms with Crippen LogP contribution in [0.1, 0.15) is 26.2 Å². The lowest BCUT2D eigenvalue weighted by Crippen LogP contribution is -2.60. The first-order chi connectivity index (χ1) is 14.4. The molecule has 164 valence electrons. The third kappa shape index (κ3) is 4.71. The van der Waals surface area contributed by atoms with Crippen LogP contribution in [0.2, 0.25) is 5.02 Å². The Morgan fingerprint density at radius 3 is 2.60 bits per heavy atom. The highest BCUT2D eigenvalue weighted by atomic mass is 35.5. The van der Waals surface area contributed by atoms with Gasteiger partial charge in [0.2, 0.25) is 5.91 Å². The number of hydrogen-bond acceptors (Lipinski definition) is 5. The number of amides is 2. The summed E-state index contributed by atoms with van der Waals surface area (Å²) in [5.41, 5.74) is 0.